The van der Waals surface area contributed by atoms with Gasteiger partial charge in [0, 0.05) is 19.7 Å². The fourth-order valence-corrected chi connectivity index (χ4v) is 2.12. The maximum atomic E-state index is 5.34. The van der Waals surface area contributed by atoms with Gasteiger partial charge in [-0.15, -0.1) is 0 Å². The van der Waals surface area contributed by atoms with Gasteiger partial charge in [0.15, 0.2) is 0 Å². The average molecular weight is 183 g/mol. The summed E-state index contributed by atoms with van der Waals surface area (Å²) in [4.78, 5) is 0. The average Bonchev–Trinajstić information content (AvgIpc) is 2.74. The second kappa shape index (κ2) is 3.97. The molecule has 1 saturated heterocycles. The molecule has 0 aromatic heterocycles. The summed E-state index contributed by atoms with van der Waals surface area (Å²) in [5, 5.41) is 3.60. The minimum Gasteiger partial charge on any atom is -0.381 e. The third-order valence-electron chi connectivity index (χ3n) is 3.66. The first-order chi connectivity index (χ1) is 6.35. The zero-order valence-electron chi connectivity index (χ0n) is 8.64. The lowest BCUT2D eigenvalue weighted by molar-refractivity contribution is 0.185. The first-order valence-electron chi connectivity index (χ1n) is 5.63. The van der Waals surface area contributed by atoms with Gasteiger partial charge in [-0.05, 0) is 37.0 Å². The fourth-order valence-electron chi connectivity index (χ4n) is 2.12. The van der Waals surface area contributed by atoms with E-state index in [1.54, 1.807) is 0 Å². The first-order valence-corrected chi connectivity index (χ1v) is 5.63. The van der Waals surface area contributed by atoms with Gasteiger partial charge >= 0.3 is 0 Å². The number of nitrogens with one attached hydrogen (secondary N) is 1. The van der Waals surface area contributed by atoms with Crippen molar-refractivity contribution in [2.24, 2.45) is 11.3 Å². The summed E-state index contributed by atoms with van der Waals surface area (Å²) in [6, 6.07) is 0. The number of ether oxygens (including phenoxy) is 1. The van der Waals surface area contributed by atoms with Gasteiger partial charge in [0.1, 0.15) is 0 Å². The molecule has 1 aliphatic heterocycles. The maximum Gasteiger partial charge on any atom is 0.0507 e. The molecule has 2 aliphatic rings. The van der Waals surface area contributed by atoms with Crippen LogP contribution in [-0.4, -0.2) is 26.3 Å². The van der Waals surface area contributed by atoms with Crippen LogP contribution in [0.5, 0.6) is 0 Å². The van der Waals surface area contributed by atoms with E-state index in [-0.39, 0.29) is 0 Å². The van der Waals surface area contributed by atoms with Gasteiger partial charge in [0.05, 0.1) is 6.61 Å². The Morgan fingerprint density at radius 2 is 2.31 bits per heavy atom. The van der Waals surface area contributed by atoms with E-state index in [0.29, 0.717) is 5.41 Å². The predicted molar refractivity (Wildman–Crippen MR) is 53.8 cm³/mol. The van der Waals surface area contributed by atoms with E-state index in [4.69, 9.17) is 4.74 Å². The summed E-state index contributed by atoms with van der Waals surface area (Å²) in [6.45, 7) is 6.67. The molecule has 1 saturated carbocycles. The molecule has 1 unspecified atom stereocenters. The maximum absolute atomic E-state index is 5.34. The zero-order valence-corrected chi connectivity index (χ0v) is 8.64. The summed E-state index contributed by atoms with van der Waals surface area (Å²) in [5.74, 6) is 0.785. The lowest BCUT2D eigenvalue weighted by atomic mass is 10.0. The molecule has 1 aliphatic carbocycles. The molecule has 0 aromatic rings. The fraction of sp³-hybridized carbons (Fsp3) is 1.00. The summed E-state index contributed by atoms with van der Waals surface area (Å²) < 4.78 is 5.34. The highest BCUT2D eigenvalue weighted by Gasteiger charge is 2.39. The molecule has 13 heavy (non-hydrogen) atoms. The minimum atomic E-state index is 0.694. The second-order valence-corrected chi connectivity index (χ2v) is 4.71. The van der Waals surface area contributed by atoms with Crippen molar-refractivity contribution >= 4 is 0 Å². The third-order valence-corrected chi connectivity index (χ3v) is 3.66. The van der Waals surface area contributed by atoms with E-state index in [9.17, 15) is 0 Å². The van der Waals surface area contributed by atoms with Crippen LogP contribution in [0.1, 0.15) is 32.6 Å². The molecule has 0 bridgehead atoms. The van der Waals surface area contributed by atoms with Crippen LogP contribution >= 0.6 is 0 Å². The molecule has 2 heteroatoms. The van der Waals surface area contributed by atoms with Crippen molar-refractivity contribution in [2.75, 3.05) is 26.3 Å². The van der Waals surface area contributed by atoms with Crippen molar-refractivity contribution in [3.05, 3.63) is 0 Å². The standard InChI is InChI=1S/C11H21NO/c1-2-11(4-5-11)9-12-7-10-3-6-13-8-10/h10,12H,2-9H2,1H3. The van der Waals surface area contributed by atoms with Crippen molar-refractivity contribution < 1.29 is 4.74 Å². The molecule has 2 nitrogen and oxygen atoms in total. The summed E-state index contributed by atoms with van der Waals surface area (Å²) in [5.41, 5.74) is 0.694. The lowest BCUT2D eigenvalue weighted by Crippen LogP contribution is -2.29. The van der Waals surface area contributed by atoms with Gasteiger partial charge in [-0.3, -0.25) is 0 Å². The number of rotatable bonds is 5. The van der Waals surface area contributed by atoms with E-state index in [0.717, 1.165) is 19.1 Å². The van der Waals surface area contributed by atoms with Crippen molar-refractivity contribution in [3.8, 4) is 0 Å². The largest absolute Gasteiger partial charge is 0.381 e. The molecular weight excluding hydrogens is 162 g/mol. The first kappa shape index (κ1) is 9.47. The van der Waals surface area contributed by atoms with Crippen LogP contribution in [0, 0.1) is 11.3 Å². The molecule has 0 aromatic carbocycles. The Hall–Kier alpha value is -0.0800. The van der Waals surface area contributed by atoms with Gasteiger partial charge in [-0.25, -0.2) is 0 Å². The Balaban J connectivity index is 1.58. The highest BCUT2D eigenvalue weighted by atomic mass is 16.5. The van der Waals surface area contributed by atoms with Crippen LogP contribution in [0.4, 0.5) is 0 Å². The molecule has 0 spiro atoms. The van der Waals surface area contributed by atoms with Crippen LogP contribution in [0.3, 0.4) is 0 Å². The van der Waals surface area contributed by atoms with Crippen LogP contribution < -0.4 is 5.32 Å². The van der Waals surface area contributed by atoms with Crippen molar-refractivity contribution in [1.82, 2.24) is 5.32 Å². The predicted octanol–water partition coefficient (Wildman–Crippen LogP) is 1.80. The molecule has 0 amide bonds. The van der Waals surface area contributed by atoms with Crippen LogP contribution in [0.2, 0.25) is 0 Å². The highest BCUT2D eigenvalue weighted by Crippen LogP contribution is 2.47. The van der Waals surface area contributed by atoms with E-state index < -0.39 is 0 Å². The lowest BCUT2D eigenvalue weighted by Gasteiger charge is -2.15. The van der Waals surface area contributed by atoms with Gasteiger partial charge in [0.25, 0.3) is 0 Å². The van der Waals surface area contributed by atoms with Gasteiger partial charge in [-0.1, -0.05) is 6.92 Å². The summed E-state index contributed by atoms with van der Waals surface area (Å²) in [6.07, 6.45) is 5.49. The summed E-state index contributed by atoms with van der Waals surface area (Å²) >= 11 is 0. The molecule has 0 radical (unpaired) electrons. The smallest absolute Gasteiger partial charge is 0.0507 e. The van der Waals surface area contributed by atoms with Crippen LogP contribution in [0.15, 0.2) is 0 Å². The van der Waals surface area contributed by atoms with Gasteiger partial charge < -0.3 is 10.1 Å². The molecule has 1 N–H and O–H groups in total. The van der Waals surface area contributed by atoms with Crippen LogP contribution in [-0.2, 0) is 4.74 Å². The Kier molecular flexibility index (Phi) is 2.89. The number of hydrogen-bond acceptors (Lipinski definition) is 2. The third kappa shape index (κ3) is 2.44. The molecule has 1 atom stereocenters. The van der Waals surface area contributed by atoms with Crippen LogP contribution in [0.25, 0.3) is 0 Å². The Morgan fingerprint density at radius 1 is 1.46 bits per heavy atom. The van der Waals surface area contributed by atoms with E-state index in [2.05, 4.69) is 12.2 Å². The van der Waals surface area contributed by atoms with Crippen molar-refractivity contribution in [1.29, 1.82) is 0 Å². The Labute approximate surface area is 81.0 Å². The monoisotopic (exact) mass is 183 g/mol. The van der Waals surface area contributed by atoms with E-state index in [1.807, 2.05) is 0 Å². The Morgan fingerprint density at radius 3 is 2.85 bits per heavy atom. The Bertz CT molecular complexity index is 159. The topological polar surface area (TPSA) is 21.3 Å². The molecular formula is C11H21NO. The zero-order chi connectivity index (χ0) is 9.15. The van der Waals surface area contributed by atoms with Crippen molar-refractivity contribution in [3.63, 3.8) is 0 Å². The minimum absolute atomic E-state index is 0.694. The van der Waals surface area contributed by atoms with Gasteiger partial charge in [-0.2, -0.15) is 0 Å². The van der Waals surface area contributed by atoms with Gasteiger partial charge in [0.2, 0.25) is 0 Å². The molecule has 2 fully saturated rings. The van der Waals surface area contributed by atoms with Crippen molar-refractivity contribution in [2.45, 2.75) is 32.6 Å². The van der Waals surface area contributed by atoms with E-state index >= 15 is 0 Å². The normalized spacial score (nSPS) is 30.7. The number of hydrogen-bond donors (Lipinski definition) is 1. The quantitative estimate of drug-likeness (QED) is 0.702. The molecule has 76 valence electrons. The SMILES string of the molecule is CCC1(CNCC2CCOC2)CC1. The highest BCUT2D eigenvalue weighted by molar-refractivity contribution is 4.93. The second-order valence-electron chi connectivity index (χ2n) is 4.71. The molecule has 1 heterocycles. The van der Waals surface area contributed by atoms with E-state index in [1.165, 1.54) is 38.8 Å². The summed E-state index contributed by atoms with van der Waals surface area (Å²) in [7, 11) is 0. The molecule has 2 rings (SSSR count).